The predicted octanol–water partition coefficient (Wildman–Crippen LogP) is 5.79. The molecule has 184 valence electrons. The van der Waals surface area contributed by atoms with Crippen molar-refractivity contribution >= 4 is 38.4 Å². The van der Waals surface area contributed by atoms with E-state index in [0.717, 1.165) is 10.3 Å². The van der Waals surface area contributed by atoms with Gasteiger partial charge in [0.15, 0.2) is 22.4 Å². The molecule has 5 aromatic rings. The number of hydrogen-bond donors (Lipinski definition) is 0. The summed E-state index contributed by atoms with van der Waals surface area (Å²) in [7, 11) is 3.15. The SMILES string of the molecule is COc1cc2nc(N(Cc3cccnc3)C(=O)c3ccc(C(=O)c4ccccc4)cc3)sc2cc1OC. The van der Waals surface area contributed by atoms with Crippen LogP contribution in [0.5, 0.6) is 11.5 Å². The molecule has 37 heavy (non-hydrogen) atoms. The molecule has 0 aliphatic heterocycles. The van der Waals surface area contributed by atoms with Gasteiger partial charge in [-0.25, -0.2) is 4.98 Å². The Morgan fingerprint density at radius 3 is 2.19 bits per heavy atom. The van der Waals surface area contributed by atoms with Crippen molar-refractivity contribution in [1.82, 2.24) is 9.97 Å². The molecule has 0 fully saturated rings. The number of anilines is 1. The first-order valence-corrected chi connectivity index (χ1v) is 12.3. The maximum absolute atomic E-state index is 13.8. The van der Waals surface area contributed by atoms with Crippen molar-refractivity contribution in [3.63, 3.8) is 0 Å². The summed E-state index contributed by atoms with van der Waals surface area (Å²) in [5.74, 6) is 0.825. The number of nitrogens with zero attached hydrogens (tertiary/aromatic N) is 3. The number of ketones is 1. The van der Waals surface area contributed by atoms with Gasteiger partial charge >= 0.3 is 0 Å². The van der Waals surface area contributed by atoms with Crippen molar-refractivity contribution in [2.24, 2.45) is 0 Å². The number of thiazole rings is 1. The minimum Gasteiger partial charge on any atom is -0.493 e. The summed E-state index contributed by atoms with van der Waals surface area (Å²) < 4.78 is 11.7. The molecule has 0 saturated heterocycles. The number of pyridine rings is 1. The van der Waals surface area contributed by atoms with Gasteiger partial charge in [0.05, 0.1) is 31.0 Å². The van der Waals surface area contributed by atoms with Crippen LogP contribution in [-0.2, 0) is 6.54 Å². The number of methoxy groups -OCH3 is 2. The van der Waals surface area contributed by atoms with Gasteiger partial charge in [-0.05, 0) is 23.8 Å². The van der Waals surface area contributed by atoms with E-state index in [4.69, 9.17) is 14.5 Å². The van der Waals surface area contributed by atoms with Crippen LogP contribution in [0.1, 0.15) is 31.8 Å². The number of ether oxygens (including phenoxy) is 2. The second-order valence-corrected chi connectivity index (χ2v) is 9.21. The summed E-state index contributed by atoms with van der Waals surface area (Å²) in [4.78, 5) is 37.1. The lowest BCUT2D eigenvalue weighted by Crippen LogP contribution is -2.30. The Morgan fingerprint density at radius 2 is 1.51 bits per heavy atom. The standard InChI is InChI=1S/C29H23N3O4S/c1-35-24-15-23-26(16-25(24)36-2)37-29(31-23)32(18-19-7-6-14-30-17-19)28(34)22-12-10-21(11-13-22)27(33)20-8-4-3-5-9-20/h3-17H,18H2,1-2H3. The molecular weight excluding hydrogens is 486 g/mol. The Kier molecular flexibility index (Phi) is 6.91. The summed E-state index contributed by atoms with van der Waals surface area (Å²) in [5.41, 5.74) is 3.12. The molecule has 3 aromatic carbocycles. The molecule has 0 bridgehead atoms. The molecule has 0 unspecified atom stereocenters. The van der Waals surface area contributed by atoms with Gasteiger partial charge in [0, 0.05) is 41.2 Å². The Bertz CT molecular complexity index is 1510. The summed E-state index contributed by atoms with van der Waals surface area (Å²) in [6.07, 6.45) is 3.41. The van der Waals surface area contributed by atoms with Crippen LogP contribution < -0.4 is 14.4 Å². The Hall–Kier alpha value is -4.56. The van der Waals surface area contributed by atoms with E-state index in [1.807, 2.05) is 36.4 Å². The summed E-state index contributed by atoms with van der Waals surface area (Å²) in [6, 6.07) is 23.2. The third-order valence-corrected chi connectivity index (χ3v) is 6.89. The van der Waals surface area contributed by atoms with Crippen LogP contribution in [0.4, 0.5) is 5.13 Å². The number of rotatable bonds is 8. The van der Waals surface area contributed by atoms with E-state index in [2.05, 4.69) is 4.98 Å². The molecule has 1 amide bonds. The fourth-order valence-electron chi connectivity index (χ4n) is 3.94. The van der Waals surface area contributed by atoms with Gasteiger partial charge in [-0.1, -0.05) is 59.9 Å². The van der Waals surface area contributed by atoms with Gasteiger partial charge in [-0.3, -0.25) is 19.5 Å². The lowest BCUT2D eigenvalue weighted by atomic mass is 10.0. The zero-order valence-corrected chi connectivity index (χ0v) is 21.1. The van der Waals surface area contributed by atoms with Gasteiger partial charge in [0.1, 0.15) is 0 Å². The highest BCUT2D eigenvalue weighted by Gasteiger charge is 2.23. The molecule has 5 rings (SSSR count). The Labute approximate surface area is 217 Å². The monoisotopic (exact) mass is 509 g/mol. The highest BCUT2D eigenvalue weighted by atomic mass is 32.1. The fourth-order valence-corrected chi connectivity index (χ4v) is 4.91. The molecule has 8 heteroatoms. The lowest BCUT2D eigenvalue weighted by Gasteiger charge is -2.20. The van der Waals surface area contributed by atoms with E-state index in [0.29, 0.717) is 38.8 Å². The fraction of sp³-hybridized carbons (Fsp3) is 0.103. The van der Waals surface area contributed by atoms with Crippen LogP contribution in [0.3, 0.4) is 0 Å². The van der Waals surface area contributed by atoms with E-state index in [1.165, 1.54) is 11.3 Å². The number of benzene rings is 3. The van der Waals surface area contributed by atoms with Gasteiger partial charge < -0.3 is 9.47 Å². The topological polar surface area (TPSA) is 81.6 Å². The first kappa shape index (κ1) is 24.1. The van der Waals surface area contributed by atoms with Crippen molar-refractivity contribution in [2.45, 2.75) is 6.54 Å². The Morgan fingerprint density at radius 1 is 0.838 bits per heavy atom. The quantitative estimate of drug-likeness (QED) is 0.247. The molecule has 0 aliphatic carbocycles. The summed E-state index contributed by atoms with van der Waals surface area (Å²) in [5, 5.41) is 0.531. The van der Waals surface area contributed by atoms with Gasteiger partial charge in [0.25, 0.3) is 5.91 Å². The molecule has 0 saturated carbocycles. The van der Waals surface area contributed by atoms with Crippen LogP contribution in [-0.4, -0.2) is 35.9 Å². The van der Waals surface area contributed by atoms with Crippen molar-refractivity contribution in [3.05, 3.63) is 114 Å². The minimum absolute atomic E-state index is 0.0964. The van der Waals surface area contributed by atoms with E-state index in [1.54, 1.807) is 74.0 Å². The number of hydrogen-bond acceptors (Lipinski definition) is 7. The zero-order chi connectivity index (χ0) is 25.8. The van der Waals surface area contributed by atoms with Crippen LogP contribution in [0.15, 0.2) is 91.3 Å². The second kappa shape index (κ2) is 10.6. The van der Waals surface area contributed by atoms with Gasteiger partial charge in [-0.15, -0.1) is 0 Å². The molecule has 7 nitrogen and oxygen atoms in total. The van der Waals surface area contributed by atoms with E-state index >= 15 is 0 Å². The molecular formula is C29H23N3O4S. The van der Waals surface area contributed by atoms with Crippen molar-refractivity contribution < 1.29 is 19.1 Å². The van der Waals surface area contributed by atoms with E-state index < -0.39 is 0 Å². The first-order chi connectivity index (χ1) is 18.1. The molecule has 2 aromatic heterocycles. The highest BCUT2D eigenvalue weighted by molar-refractivity contribution is 7.22. The van der Waals surface area contributed by atoms with E-state index in [9.17, 15) is 9.59 Å². The van der Waals surface area contributed by atoms with Crippen LogP contribution >= 0.6 is 11.3 Å². The number of amides is 1. The smallest absolute Gasteiger partial charge is 0.260 e. The first-order valence-electron chi connectivity index (χ1n) is 11.5. The zero-order valence-electron chi connectivity index (χ0n) is 20.3. The largest absolute Gasteiger partial charge is 0.493 e. The number of fused-ring (bicyclic) bond motifs is 1. The summed E-state index contributed by atoms with van der Waals surface area (Å²) >= 11 is 1.39. The minimum atomic E-state index is -0.236. The predicted molar refractivity (Wildman–Crippen MR) is 144 cm³/mol. The second-order valence-electron chi connectivity index (χ2n) is 8.20. The van der Waals surface area contributed by atoms with E-state index in [-0.39, 0.29) is 18.2 Å². The third-order valence-electron chi connectivity index (χ3n) is 5.85. The highest BCUT2D eigenvalue weighted by Crippen LogP contribution is 2.38. The molecule has 0 atom stereocenters. The van der Waals surface area contributed by atoms with Crippen LogP contribution in [0.25, 0.3) is 10.2 Å². The van der Waals surface area contributed by atoms with Gasteiger partial charge in [0.2, 0.25) is 0 Å². The lowest BCUT2D eigenvalue weighted by molar-refractivity contribution is 0.0982. The van der Waals surface area contributed by atoms with Crippen LogP contribution in [0.2, 0.25) is 0 Å². The maximum atomic E-state index is 13.8. The molecule has 0 radical (unpaired) electrons. The van der Waals surface area contributed by atoms with Crippen molar-refractivity contribution in [2.75, 3.05) is 19.1 Å². The average molecular weight is 510 g/mol. The van der Waals surface area contributed by atoms with Crippen molar-refractivity contribution in [1.29, 1.82) is 0 Å². The molecule has 2 heterocycles. The number of carbonyl (C=O) groups is 2. The molecule has 0 N–H and O–H groups in total. The molecule has 0 aliphatic rings. The number of aromatic nitrogens is 2. The van der Waals surface area contributed by atoms with Gasteiger partial charge in [-0.2, -0.15) is 0 Å². The van der Waals surface area contributed by atoms with Crippen LogP contribution in [0, 0.1) is 0 Å². The molecule has 0 spiro atoms. The maximum Gasteiger partial charge on any atom is 0.260 e. The average Bonchev–Trinajstić information content (AvgIpc) is 3.38. The normalized spacial score (nSPS) is 10.8. The van der Waals surface area contributed by atoms with Crippen molar-refractivity contribution in [3.8, 4) is 11.5 Å². The Balaban J connectivity index is 1.50. The number of carbonyl (C=O) groups excluding carboxylic acids is 2. The summed E-state index contributed by atoms with van der Waals surface area (Å²) in [6.45, 7) is 0.283. The third kappa shape index (κ3) is 5.05.